The lowest BCUT2D eigenvalue weighted by molar-refractivity contribution is -0.254. The van der Waals surface area contributed by atoms with E-state index in [1.54, 1.807) is 18.2 Å². The average Bonchev–Trinajstić information content (AvgIpc) is 2.87. The van der Waals surface area contributed by atoms with Gasteiger partial charge in [0.25, 0.3) is 0 Å². The molecule has 3 rings (SSSR count). The summed E-state index contributed by atoms with van der Waals surface area (Å²) < 4.78 is 33.8. The van der Waals surface area contributed by atoms with E-state index in [2.05, 4.69) is 0 Å². The van der Waals surface area contributed by atoms with Crippen LogP contribution in [0.15, 0.2) is 42.5 Å². The Balaban J connectivity index is 2.08. The molecule has 1 fully saturated rings. The van der Waals surface area contributed by atoms with Crippen LogP contribution >= 0.6 is 11.6 Å². The van der Waals surface area contributed by atoms with Crippen molar-refractivity contribution < 1.29 is 47.6 Å². The fraction of sp³-hybridized carbons (Fsp3) is 0.448. The van der Waals surface area contributed by atoms with Gasteiger partial charge in [0.1, 0.15) is 24.6 Å². The van der Waals surface area contributed by atoms with Crippen molar-refractivity contribution in [1.82, 2.24) is 0 Å². The Morgan fingerprint density at radius 1 is 0.800 bits per heavy atom. The molecule has 0 bridgehead atoms. The van der Waals surface area contributed by atoms with Crippen LogP contribution in [0, 0.1) is 0 Å². The third kappa shape index (κ3) is 8.19. The van der Waals surface area contributed by atoms with E-state index in [-0.39, 0.29) is 6.61 Å². The molecule has 216 valence electrons. The zero-order valence-electron chi connectivity index (χ0n) is 23.0. The van der Waals surface area contributed by atoms with Gasteiger partial charge in [-0.05, 0) is 35.7 Å². The first kappa shape index (κ1) is 30.9. The molecule has 10 nitrogen and oxygen atoms in total. The van der Waals surface area contributed by atoms with Crippen LogP contribution in [0.4, 0.5) is 0 Å². The molecule has 0 spiro atoms. The molecular formula is C29H33ClO10. The van der Waals surface area contributed by atoms with E-state index in [0.717, 1.165) is 16.9 Å². The first-order valence-corrected chi connectivity index (χ1v) is 13.2. The van der Waals surface area contributed by atoms with Crippen molar-refractivity contribution in [2.75, 3.05) is 13.2 Å². The summed E-state index contributed by atoms with van der Waals surface area (Å²) in [6.45, 7) is 6.86. The third-order valence-electron chi connectivity index (χ3n) is 6.04. The van der Waals surface area contributed by atoms with E-state index in [1.165, 1.54) is 27.7 Å². The van der Waals surface area contributed by atoms with E-state index in [4.69, 9.17) is 40.0 Å². The summed E-state index contributed by atoms with van der Waals surface area (Å²) in [6, 6.07) is 12.8. The molecule has 0 aromatic heterocycles. The minimum atomic E-state index is -1.26. The minimum absolute atomic E-state index is 0.309. The summed E-state index contributed by atoms with van der Waals surface area (Å²) >= 11 is 6.58. The van der Waals surface area contributed by atoms with Crippen LogP contribution in [0.5, 0.6) is 5.75 Å². The van der Waals surface area contributed by atoms with Gasteiger partial charge in [-0.25, -0.2) is 0 Å². The Labute approximate surface area is 237 Å². The zero-order valence-corrected chi connectivity index (χ0v) is 23.8. The van der Waals surface area contributed by atoms with Crippen molar-refractivity contribution in [3.05, 3.63) is 64.2 Å². The molecule has 1 heterocycles. The molecule has 1 unspecified atom stereocenters. The molecule has 40 heavy (non-hydrogen) atoms. The lowest BCUT2D eigenvalue weighted by atomic mass is 9.89. The maximum Gasteiger partial charge on any atom is 0.303 e. The predicted octanol–water partition coefficient (Wildman–Crippen LogP) is 4.13. The fourth-order valence-electron chi connectivity index (χ4n) is 4.56. The van der Waals surface area contributed by atoms with E-state index in [0.29, 0.717) is 23.6 Å². The molecule has 11 heteroatoms. The summed E-state index contributed by atoms with van der Waals surface area (Å²) in [5, 5.41) is 0.487. The second-order valence-corrected chi connectivity index (χ2v) is 9.60. The van der Waals surface area contributed by atoms with Crippen LogP contribution in [0.1, 0.15) is 57.4 Å². The van der Waals surface area contributed by atoms with Crippen molar-refractivity contribution in [1.29, 1.82) is 0 Å². The normalized spacial score (nSPS) is 22.1. The van der Waals surface area contributed by atoms with Gasteiger partial charge in [-0.2, -0.15) is 0 Å². The molecule has 0 aliphatic carbocycles. The largest absolute Gasteiger partial charge is 0.494 e. The van der Waals surface area contributed by atoms with E-state index < -0.39 is 54.4 Å². The van der Waals surface area contributed by atoms with Gasteiger partial charge in [-0.15, -0.1) is 0 Å². The standard InChI is InChI=1S/C29H33ClO10/c1-6-35-24-10-8-7-9-20(24)13-22-14-21(11-12-23(22)30)26-28(38-18(4)33)29(39-19(5)34)27(37-17(3)32)25(40-26)15-36-16(2)31/h7-12,14,25-29H,6,13,15H2,1-5H3/t25?,26-,27+,28-,29-/m0/s1. The van der Waals surface area contributed by atoms with Gasteiger partial charge in [-0.3, -0.25) is 19.2 Å². The summed E-state index contributed by atoms with van der Waals surface area (Å²) in [4.78, 5) is 47.9. The van der Waals surface area contributed by atoms with Gasteiger partial charge >= 0.3 is 23.9 Å². The molecule has 1 saturated heterocycles. The van der Waals surface area contributed by atoms with Crippen LogP contribution in [0.25, 0.3) is 0 Å². The monoisotopic (exact) mass is 576 g/mol. The SMILES string of the molecule is CCOc1ccccc1Cc1cc([C@@H]2OC(COC(C)=O)[C@@H](OC(C)=O)[C@H](OC(C)=O)[C@H]2OC(C)=O)ccc1Cl. The van der Waals surface area contributed by atoms with Gasteiger partial charge in [0.2, 0.25) is 0 Å². The number of hydrogen-bond donors (Lipinski definition) is 0. The zero-order chi connectivity index (χ0) is 29.4. The van der Waals surface area contributed by atoms with Gasteiger partial charge < -0.3 is 28.4 Å². The quantitative estimate of drug-likeness (QED) is 0.301. The van der Waals surface area contributed by atoms with E-state index in [9.17, 15) is 19.2 Å². The molecule has 0 saturated carbocycles. The highest BCUT2D eigenvalue weighted by atomic mass is 35.5. The molecule has 5 atom stereocenters. The Hall–Kier alpha value is -3.63. The van der Waals surface area contributed by atoms with Gasteiger partial charge in [0.15, 0.2) is 18.3 Å². The fourth-order valence-corrected chi connectivity index (χ4v) is 4.74. The summed E-state index contributed by atoms with van der Waals surface area (Å²) in [6.07, 6.45) is -5.32. The maximum absolute atomic E-state index is 12.2. The molecule has 0 radical (unpaired) electrons. The van der Waals surface area contributed by atoms with E-state index in [1.807, 2.05) is 31.2 Å². The number of carbonyl (C=O) groups is 4. The Bertz CT molecular complexity index is 1230. The van der Waals surface area contributed by atoms with Crippen molar-refractivity contribution in [2.24, 2.45) is 0 Å². The van der Waals surface area contributed by atoms with Gasteiger partial charge in [0.05, 0.1) is 6.61 Å². The molecule has 1 aliphatic rings. The average molecular weight is 577 g/mol. The Morgan fingerprint density at radius 2 is 1.43 bits per heavy atom. The molecule has 1 aliphatic heterocycles. The van der Waals surface area contributed by atoms with Crippen molar-refractivity contribution >= 4 is 35.5 Å². The van der Waals surface area contributed by atoms with Crippen molar-refractivity contribution in [2.45, 2.75) is 71.6 Å². The molecular weight excluding hydrogens is 544 g/mol. The van der Waals surface area contributed by atoms with Crippen LogP contribution in [-0.2, 0) is 49.3 Å². The second-order valence-electron chi connectivity index (χ2n) is 9.19. The first-order valence-electron chi connectivity index (χ1n) is 12.8. The lowest BCUT2D eigenvalue weighted by Gasteiger charge is -2.44. The van der Waals surface area contributed by atoms with Gasteiger partial charge in [-0.1, -0.05) is 41.9 Å². The molecule has 2 aromatic rings. The van der Waals surface area contributed by atoms with Crippen LogP contribution in [0.3, 0.4) is 0 Å². The molecule has 0 N–H and O–H groups in total. The summed E-state index contributed by atoms with van der Waals surface area (Å²) in [5.41, 5.74) is 2.19. The number of rotatable bonds is 10. The number of carbonyl (C=O) groups excluding carboxylic acids is 4. The maximum atomic E-state index is 12.2. The number of halogens is 1. The number of hydrogen-bond acceptors (Lipinski definition) is 10. The van der Waals surface area contributed by atoms with E-state index >= 15 is 0 Å². The minimum Gasteiger partial charge on any atom is -0.494 e. The number of benzene rings is 2. The first-order chi connectivity index (χ1) is 19.0. The second kappa shape index (κ2) is 14.1. The van der Waals surface area contributed by atoms with Crippen molar-refractivity contribution in [3.63, 3.8) is 0 Å². The number of para-hydroxylation sites is 1. The lowest BCUT2D eigenvalue weighted by Crippen LogP contribution is -2.59. The predicted molar refractivity (Wildman–Crippen MR) is 143 cm³/mol. The third-order valence-corrected chi connectivity index (χ3v) is 6.41. The Kier molecular flexibility index (Phi) is 10.9. The summed E-state index contributed by atoms with van der Waals surface area (Å²) in [7, 11) is 0. The molecule has 2 aromatic carbocycles. The highest BCUT2D eigenvalue weighted by Gasteiger charge is 2.52. The smallest absolute Gasteiger partial charge is 0.303 e. The topological polar surface area (TPSA) is 124 Å². The Morgan fingerprint density at radius 3 is 2.05 bits per heavy atom. The van der Waals surface area contributed by atoms with Crippen LogP contribution in [-0.4, -0.2) is 61.5 Å². The number of ether oxygens (including phenoxy) is 6. The van der Waals surface area contributed by atoms with Gasteiger partial charge in [0, 0.05) is 39.1 Å². The summed E-state index contributed by atoms with van der Waals surface area (Å²) in [5.74, 6) is -1.93. The number of esters is 4. The van der Waals surface area contributed by atoms with Crippen LogP contribution in [0.2, 0.25) is 5.02 Å². The highest BCUT2D eigenvalue weighted by Crippen LogP contribution is 2.39. The molecule has 0 amide bonds. The van der Waals surface area contributed by atoms with Crippen LogP contribution < -0.4 is 4.74 Å². The van der Waals surface area contributed by atoms with Crippen molar-refractivity contribution in [3.8, 4) is 5.75 Å². The highest BCUT2D eigenvalue weighted by molar-refractivity contribution is 6.31.